The molecule has 1 aliphatic heterocycles. The number of fused-ring (bicyclic) bond motifs is 1. The molecule has 3 rings (SSSR count). The Kier molecular flexibility index (Phi) is 31.4. The number of aromatic nitrogens is 4. The number of nitrogens with zero attached hydrogens (tertiary/aromatic N) is 2. The number of aliphatic hydroxyl groups excluding tert-OH is 2. The van der Waals surface area contributed by atoms with Crippen LogP contribution >= 0.6 is 23.5 Å². The van der Waals surface area contributed by atoms with Gasteiger partial charge in [-0.25, -0.2) is 14.1 Å². The van der Waals surface area contributed by atoms with Crippen LogP contribution in [0.15, 0.2) is 15.9 Å². The summed E-state index contributed by atoms with van der Waals surface area (Å²) in [6.07, 6.45) is -5.82. The summed E-state index contributed by atoms with van der Waals surface area (Å²) in [6, 6.07) is 0. The number of aromatic amines is 2. The van der Waals surface area contributed by atoms with E-state index in [9.17, 15) is 53.1 Å². The Morgan fingerprint density at radius 3 is 1.37 bits per heavy atom. The van der Waals surface area contributed by atoms with Gasteiger partial charge in [-0.1, -0.05) is 0 Å². The molecule has 0 bridgehead atoms. The monoisotopic (exact) mass is 928 g/mol. The van der Waals surface area contributed by atoms with Gasteiger partial charge in [-0.05, 0) is 83.1 Å². The van der Waals surface area contributed by atoms with Crippen molar-refractivity contribution in [3.8, 4) is 0 Å². The van der Waals surface area contributed by atoms with Gasteiger partial charge in [0, 0.05) is 0 Å². The van der Waals surface area contributed by atoms with Crippen molar-refractivity contribution in [3.05, 3.63) is 27.2 Å². The highest BCUT2D eigenvalue weighted by molar-refractivity contribution is 7.64. The van der Waals surface area contributed by atoms with Crippen molar-refractivity contribution in [1.29, 1.82) is 0 Å². The molecule has 6 unspecified atom stereocenters. The number of imidazole rings is 1. The summed E-state index contributed by atoms with van der Waals surface area (Å²) >= 11 is 0. The second-order valence-electron chi connectivity index (χ2n) is 13.3. The molecule has 26 heteroatoms. The third-order valence-corrected chi connectivity index (χ3v) is 13.5. The molecule has 0 amide bonds. The summed E-state index contributed by atoms with van der Waals surface area (Å²) in [5.41, 5.74) is -2.26. The highest BCUT2D eigenvalue weighted by Gasteiger charge is 2.45. The minimum atomic E-state index is -6.18. The quantitative estimate of drug-likeness (QED) is 0.0575. The number of phosphoric acid groups is 3. The van der Waals surface area contributed by atoms with E-state index in [1.807, 2.05) is 4.98 Å². The fourth-order valence-electron chi connectivity index (χ4n) is 5.69. The highest BCUT2D eigenvalue weighted by Crippen LogP contribution is 2.60. The number of phosphoric ester groups is 1. The SMILES string of the molecule is CC[NH+](CC)CC.CC[NH+](CC)CC.CC[NH+](CC)CC.CC[NH+](CC)CC.O=c1[nH]c(=O)c2ncn(C3OC(COP(=O)([O-])OP(=O)([O-])OP(=O)([O-])[O-])C(O)C3O)c2[nH]1. The third kappa shape index (κ3) is 23.6. The zero-order chi connectivity index (χ0) is 46.9. The first-order chi connectivity index (χ1) is 28.0. The fraction of sp³-hybridized carbons (Fsp3) is 0.853. The van der Waals surface area contributed by atoms with Gasteiger partial charge in [-0.15, -0.1) is 0 Å². The van der Waals surface area contributed by atoms with Crippen LogP contribution in [0.4, 0.5) is 0 Å². The van der Waals surface area contributed by atoms with Gasteiger partial charge in [0.2, 0.25) is 0 Å². The lowest BCUT2D eigenvalue weighted by atomic mass is 10.1. The van der Waals surface area contributed by atoms with Crippen LogP contribution in [0.3, 0.4) is 0 Å². The maximum absolute atomic E-state index is 11.7. The molecule has 0 saturated carbocycles. The topological polar surface area (TPSA) is 322 Å². The Hall–Kier alpha value is -1.72. The molecule has 23 nitrogen and oxygen atoms in total. The van der Waals surface area contributed by atoms with Crippen molar-refractivity contribution >= 4 is 34.6 Å². The van der Waals surface area contributed by atoms with Crippen LogP contribution in [0, 0.1) is 0 Å². The summed E-state index contributed by atoms with van der Waals surface area (Å²) in [4.78, 5) is 81.1. The number of nitrogens with one attached hydrogen (secondary N) is 6. The van der Waals surface area contributed by atoms with Crippen molar-refractivity contribution in [1.82, 2.24) is 19.5 Å². The van der Waals surface area contributed by atoms with Gasteiger partial charge in [-0.3, -0.25) is 32.8 Å². The standard InChI is InChI=1S/C10H15N4O15P3.4C6H15N/c15-5-3(1-26-31(22,23)29-32(24,25)28-30(19,20)21)27-9(6(5)16)14-2-11-4-7(14)12-10(18)13-8(4)17;4*1-4-7(5-2)6-3/h2-3,5-6,9,15-16H,1H2,(H,22,23)(H,24,25)(H2,19,20,21)(H2,12,13,17,18);4*4-6H2,1-3H3. The van der Waals surface area contributed by atoms with Gasteiger partial charge in [0.25, 0.3) is 21.2 Å². The lowest BCUT2D eigenvalue weighted by Crippen LogP contribution is -3.11. The maximum Gasteiger partial charge on any atom is 0.327 e. The van der Waals surface area contributed by atoms with E-state index in [1.165, 1.54) is 78.5 Å². The van der Waals surface area contributed by atoms with E-state index in [-0.39, 0.29) is 11.2 Å². The van der Waals surface area contributed by atoms with Crippen LogP contribution in [-0.4, -0.2) is 133 Å². The average molecular weight is 929 g/mol. The van der Waals surface area contributed by atoms with Crippen LogP contribution in [0.25, 0.3) is 11.2 Å². The van der Waals surface area contributed by atoms with Gasteiger partial charge in [-0.2, -0.15) is 0 Å². The summed E-state index contributed by atoms with van der Waals surface area (Å²) in [6.45, 7) is 40.8. The van der Waals surface area contributed by atoms with Crippen molar-refractivity contribution < 1.29 is 81.0 Å². The van der Waals surface area contributed by atoms with Crippen molar-refractivity contribution in [2.45, 2.75) is 108 Å². The molecule has 1 aliphatic rings. The first-order valence-corrected chi connectivity index (χ1v) is 25.1. The molecular weight excluding hydrogens is 853 g/mol. The van der Waals surface area contributed by atoms with E-state index in [0.717, 1.165) is 10.9 Å². The second-order valence-corrected chi connectivity index (χ2v) is 17.6. The van der Waals surface area contributed by atoms with Gasteiger partial charge >= 0.3 is 5.69 Å². The first-order valence-electron chi connectivity index (χ1n) is 20.7. The number of hydrogen-bond donors (Lipinski definition) is 8. The Morgan fingerprint density at radius 1 is 0.650 bits per heavy atom. The number of aliphatic hydroxyl groups is 2. The molecule has 356 valence electrons. The summed E-state index contributed by atoms with van der Waals surface area (Å²) in [5.74, 6) is 0. The molecular formula is C34H75N8O15P3. The van der Waals surface area contributed by atoms with Gasteiger partial charge < -0.3 is 63.2 Å². The zero-order valence-corrected chi connectivity index (χ0v) is 40.2. The molecule has 0 radical (unpaired) electrons. The molecule has 0 aliphatic carbocycles. The third-order valence-electron chi connectivity index (χ3n) is 9.88. The Labute approximate surface area is 354 Å². The predicted molar refractivity (Wildman–Crippen MR) is 218 cm³/mol. The normalized spacial score (nSPS) is 19.7. The maximum atomic E-state index is 11.7. The smallest absolute Gasteiger partial charge is 0.327 e. The lowest BCUT2D eigenvalue weighted by molar-refractivity contribution is -0.894. The minimum Gasteiger partial charge on any atom is -0.790 e. The Balaban J connectivity index is 0. The number of hydrogen-bond acceptors (Lipinski definition) is 16. The molecule has 2 aromatic rings. The fourth-order valence-corrected chi connectivity index (χ4v) is 8.56. The number of quaternary nitrogens is 4. The Bertz CT molecular complexity index is 1610. The summed E-state index contributed by atoms with van der Waals surface area (Å²) < 4.78 is 49.8. The van der Waals surface area contributed by atoms with E-state index in [4.69, 9.17) is 4.74 Å². The number of H-pyrrole nitrogens is 2. The Morgan fingerprint density at radius 2 is 1.03 bits per heavy atom. The first kappa shape index (κ1) is 60.4. The van der Waals surface area contributed by atoms with Gasteiger partial charge in [0.1, 0.15) is 24.0 Å². The van der Waals surface area contributed by atoms with E-state index in [0.29, 0.717) is 0 Å². The number of rotatable bonds is 20. The second kappa shape index (κ2) is 31.2. The van der Waals surface area contributed by atoms with E-state index in [1.54, 1.807) is 19.6 Å². The van der Waals surface area contributed by atoms with E-state index < -0.39 is 65.9 Å². The zero-order valence-electron chi connectivity index (χ0n) is 37.5. The lowest BCUT2D eigenvalue weighted by Gasteiger charge is -2.37. The largest absolute Gasteiger partial charge is 0.790 e. The molecule has 60 heavy (non-hydrogen) atoms. The molecule has 1 saturated heterocycles. The van der Waals surface area contributed by atoms with Crippen LogP contribution < -0.4 is 50.4 Å². The molecule has 1 fully saturated rings. The van der Waals surface area contributed by atoms with Gasteiger partial charge in [0.05, 0.1) is 99.3 Å². The minimum absolute atomic E-state index is 0.210. The molecule has 8 N–H and O–H groups in total. The molecule has 0 spiro atoms. The molecule has 0 aromatic carbocycles. The van der Waals surface area contributed by atoms with Crippen LogP contribution in [-0.2, 0) is 31.6 Å². The molecule has 6 atom stereocenters. The van der Waals surface area contributed by atoms with Gasteiger partial charge in [0.15, 0.2) is 11.7 Å². The van der Waals surface area contributed by atoms with Crippen molar-refractivity contribution in [2.75, 3.05) is 85.1 Å². The highest BCUT2D eigenvalue weighted by atomic mass is 31.3. The molecule has 2 aromatic heterocycles. The van der Waals surface area contributed by atoms with E-state index >= 15 is 0 Å². The summed E-state index contributed by atoms with van der Waals surface area (Å²) in [5, 5.41) is 20.3. The predicted octanol–water partition coefficient (Wildman–Crippen LogP) is -5.43. The molecule has 3 heterocycles. The number of ether oxygens (including phenoxy) is 1. The van der Waals surface area contributed by atoms with E-state index in [2.05, 4.69) is 106 Å². The van der Waals surface area contributed by atoms with Crippen LogP contribution in [0.2, 0.25) is 0 Å². The van der Waals surface area contributed by atoms with Crippen molar-refractivity contribution in [3.63, 3.8) is 0 Å². The summed E-state index contributed by atoms with van der Waals surface area (Å²) in [7, 11) is -18.2. The average Bonchev–Trinajstić information content (AvgIpc) is 3.72. The van der Waals surface area contributed by atoms with Crippen LogP contribution in [0.1, 0.15) is 89.3 Å². The van der Waals surface area contributed by atoms with Crippen molar-refractivity contribution in [2.24, 2.45) is 0 Å². The van der Waals surface area contributed by atoms with Crippen LogP contribution in [0.5, 0.6) is 0 Å².